The number of thioether (sulfide) groups is 2. The van der Waals surface area contributed by atoms with Crippen LogP contribution >= 0.6 is 48.0 Å². The van der Waals surface area contributed by atoms with Gasteiger partial charge in [-0.15, -0.1) is 0 Å². The van der Waals surface area contributed by atoms with Crippen molar-refractivity contribution >= 4 is 92.4 Å². The summed E-state index contributed by atoms with van der Waals surface area (Å²) < 4.78 is 22.1. The number of fused-ring (bicyclic) bond motifs is 2. The quantitative estimate of drug-likeness (QED) is 0.227. The van der Waals surface area contributed by atoms with Crippen molar-refractivity contribution < 1.29 is 38.1 Å². The van der Waals surface area contributed by atoms with E-state index in [0.29, 0.717) is 47.9 Å². The molecule has 12 nitrogen and oxygen atoms in total. The number of nitrogens with one attached hydrogen (secondary N) is 2. The molecule has 0 saturated carbocycles. The monoisotopic (exact) mass is 684 g/mol. The van der Waals surface area contributed by atoms with Crippen molar-refractivity contribution in [2.75, 3.05) is 26.7 Å². The molecule has 0 radical (unpaired) electrons. The van der Waals surface area contributed by atoms with Gasteiger partial charge in [0.2, 0.25) is 25.4 Å². The summed E-state index contributed by atoms with van der Waals surface area (Å²) in [6.07, 6.45) is 3.76. The number of hydrogen-bond donors (Lipinski definition) is 2. The van der Waals surface area contributed by atoms with E-state index >= 15 is 0 Å². The average molecular weight is 685 g/mol. The third-order valence-electron chi connectivity index (χ3n) is 6.83. The lowest BCUT2D eigenvalue weighted by Crippen LogP contribution is -2.43. The lowest BCUT2D eigenvalue weighted by Gasteiger charge is -2.15. The highest BCUT2D eigenvalue weighted by molar-refractivity contribution is 8.27. The van der Waals surface area contributed by atoms with E-state index in [9.17, 15) is 19.2 Å². The third kappa shape index (κ3) is 7.08. The van der Waals surface area contributed by atoms with Crippen molar-refractivity contribution in [1.82, 2.24) is 20.7 Å². The molecule has 4 heterocycles. The van der Waals surface area contributed by atoms with Crippen molar-refractivity contribution in [3.8, 4) is 23.0 Å². The largest absolute Gasteiger partial charge is 0.454 e. The van der Waals surface area contributed by atoms with Gasteiger partial charge in [-0.25, -0.2) is 0 Å². The van der Waals surface area contributed by atoms with Crippen LogP contribution in [-0.2, 0) is 19.2 Å². The Morgan fingerprint density at radius 2 is 1.18 bits per heavy atom. The predicted molar refractivity (Wildman–Crippen MR) is 175 cm³/mol. The number of amides is 4. The number of rotatable bonds is 9. The Labute approximate surface area is 276 Å². The van der Waals surface area contributed by atoms with Crippen LogP contribution in [0, 0.1) is 0 Å². The van der Waals surface area contributed by atoms with Gasteiger partial charge in [0.15, 0.2) is 23.0 Å². The molecule has 4 aliphatic rings. The van der Waals surface area contributed by atoms with Crippen molar-refractivity contribution in [3.63, 3.8) is 0 Å². The van der Waals surface area contributed by atoms with Crippen LogP contribution in [0.5, 0.6) is 23.0 Å². The second-order valence-electron chi connectivity index (χ2n) is 9.84. The van der Waals surface area contributed by atoms with Crippen LogP contribution in [0.15, 0.2) is 46.2 Å². The predicted octanol–water partition coefficient (Wildman–Crippen LogP) is 3.56. The van der Waals surface area contributed by atoms with E-state index < -0.39 is 11.8 Å². The molecule has 0 unspecified atom stereocenters. The van der Waals surface area contributed by atoms with Gasteiger partial charge in [0.1, 0.15) is 8.64 Å². The first-order valence-corrected chi connectivity index (χ1v) is 16.1. The summed E-state index contributed by atoms with van der Waals surface area (Å²) in [6.45, 7) is 0.618. The van der Waals surface area contributed by atoms with Crippen LogP contribution in [0.25, 0.3) is 12.2 Å². The van der Waals surface area contributed by atoms with Crippen molar-refractivity contribution in [1.29, 1.82) is 0 Å². The molecule has 0 aromatic heterocycles. The van der Waals surface area contributed by atoms with Crippen molar-refractivity contribution in [3.05, 3.63) is 57.3 Å². The molecule has 16 heteroatoms. The minimum absolute atomic E-state index is 0.0535. The van der Waals surface area contributed by atoms with Crippen LogP contribution in [0.4, 0.5) is 0 Å². The lowest BCUT2D eigenvalue weighted by molar-refractivity contribution is -0.129. The van der Waals surface area contributed by atoms with Crippen LogP contribution in [-0.4, -0.2) is 68.7 Å². The fraction of sp³-hybridized carbons (Fsp3) is 0.241. The Bertz CT molecular complexity index is 1690. The molecule has 4 aliphatic heterocycles. The summed E-state index contributed by atoms with van der Waals surface area (Å²) in [5.41, 5.74) is 6.25. The normalized spacial score (nSPS) is 18.5. The van der Waals surface area contributed by atoms with Crippen LogP contribution < -0.4 is 29.8 Å². The van der Waals surface area contributed by atoms with Crippen LogP contribution in [0.1, 0.15) is 30.4 Å². The van der Waals surface area contributed by atoms with E-state index in [1.165, 1.54) is 21.6 Å². The van der Waals surface area contributed by atoms with Gasteiger partial charge in [-0.1, -0.05) is 60.1 Å². The fourth-order valence-electron chi connectivity index (χ4n) is 4.57. The maximum atomic E-state index is 12.9. The highest BCUT2D eigenvalue weighted by Gasteiger charge is 2.33. The van der Waals surface area contributed by atoms with Gasteiger partial charge < -0.3 is 18.9 Å². The van der Waals surface area contributed by atoms with Gasteiger partial charge in [-0.3, -0.25) is 39.8 Å². The van der Waals surface area contributed by atoms with Gasteiger partial charge in [-0.2, -0.15) is 0 Å². The van der Waals surface area contributed by atoms with Crippen LogP contribution in [0.3, 0.4) is 0 Å². The molecule has 2 saturated heterocycles. The number of hydrazine groups is 1. The van der Waals surface area contributed by atoms with Gasteiger partial charge in [0.05, 0.1) is 9.81 Å². The zero-order chi connectivity index (χ0) is 31.5. The molecule has 0 spiro atoms. The summed E-state index contributed by atoms with van der Waals surface area (Å²) in [4.78, 5) is 54.2. The Balaban J connectivity index is 0.913. The zero-order valence-electron chi connectivity index (χ0n) is 23.4. The first kappa shape index (κ1) is 30.9. The number of benzene rings is 2. The summed E-state index contributed by atoms with van der Waals surface area (Å²) >= 11 is 13.1. The molecule has 45 heavy (non-hydrogen) atoms. The van der Waals surface area contributed by atoms with Gasteiger partial charge in [0.25, 0.3) is 11.8 Å². The summed E-state index contributed by atoms with van der Waals surface area (Å²) in [5, 5.41) is 0. The Hall–Kier alpha value is -4.12. The standard InChI is InChI=1S/C29H24N4O8S4/c34-24(2-1-8-32-26(36)22(44-28(32)42)12-16-3-5-18-20(10-16)40-14-38-18)30-31-25(35)7-9-33-27(37)23(45-29(33)43)13-17-4-6-19-21(11-17)41-15-39-19/h3-6,10-13H,1-2,7-9,14-15H2,(H,30,34)(H,31,35)/b22-12-,23-13+. The SMILES string of the molecule is O=C(CCCN1C(=O)/C(=C/c2ccc3c(c2)OCO3)SC1=S)NNC(=O)CCN1C(=O)/C(=C\c2ccc3c(c2)OCO3)SC1=S. The maximum Gasteiger partial charge on any atom is 0.266 e. The van der Waals surface area contributed by atoms with Gasteiger partial charge >= 0.3 is 0 Å². The number of ether oxygens (including phenoxy) is 4. The number of hydrogen-bond acceptors (Lipinski definition) is 12. The second kappa shape index (κ2) is 13.5. The molecule has 0 aliphatic carbocycles. The number of nitrogens with zero attached hydrogens (tertiary/aromatic N) is 2. The lowest BCUT2D eigenvalue weighted by atomic mass is 10.2. The Morgan fingerprint density at radius 3 is 1.71 bits per heavy atom. The van der Waals surface area contributed by atoms with Crippen molar-refractivity contribution in [2.45, 2.75) is 19.3 Å². The Morgan fingerprint density at radius 1 is 0.711 bits per heavy atom. The molecule has 2 fully saturated rings. The number of carbonyl (C=O) groups excluding carboxylic acids is 4. The molecule has 2 aromatic rings. The minimum Gasteiger partial charge on any atom is -0.454 e. The topological polar surface area (TPSA) is 136 Å². The van der Waals surface area contributed by atoms with E-state index in [1.54, 1.807) is 36.4 Å². The first-order chi connectivity index (χ1) is 21.7. The highest BCUT2D eigenvalue weighted by atomic mass is 32.2. The summed E-state index contributed by atoms with van der Waals surface area (Å²) in [6, 6.07) is 10.8. The molecule has 2 N–H and O–H groups in total. The van der Waals surface area contributed by atoms with E-state index in [2.05, 4.69) is 10.9 Å². The molecular formula is C29H24N4O8S4. The summed E-state index contributed by atoms with van der Waals surface area (Å²) in [5.74, 6) is 1.06. The molecule has 2 aromatic carbocycles. The number of carbonyl (C=O) groups is 4. The molecule has 4 amide bonds. The Kier molecular flexibility index (Phi) is 9.25. The zero-order valence-corrected chi connectivity index (χ0v) is 26.6. The average Bonchev–Trinajstić information content (AvgIpc) is 3.79. The maximum absolute atomic E-state index is 12.9. The number of thiocarbonyl (C=S) groups is 2. The van der Waals surface area contributed by atoms with E-state index in [0.717, 1.165) is 22.9 Å². The van der Waals surface area contributed by atoms with E-state index in [4.69, 9.17) is 43.4 Å². The molecule has 232 valence electrons. The third-order valence-corrected chi connectivity index (χ3v) is 9.58. The fourth-order valence-corrected chi connectivity index (χ4v) is 7.19. The van der Waals surface area contributed by atoms with Gasteiger partial charge in [0, 0.05) is 25.9 Å². The first-order valence-electron chi connectivity index (χ1n) is 13.6. The molecule has 6 rings (SSSR count). The second-order valence-corrected chi connectivity index (χ2v) is 13.2. The van der Waals surface area contributed by atoms with Crippen molar-refractivity contribution in [2.24, 2.45) is 0 Å². The van der Waals surface area contributed by atoms with Crippen LogP contribution in [0.2, 0.25) is 0 Å². The molecule has 0 bridgehead atoms. The van der Waals surface area contributed by atoms with E-state index in [-0.39, 0.29) is 51.3 Å². The smallest absolute Gasteiger partial charge is 0.266 e. The summed E-state index contributed by atoms with van der Waals surface area (Å²) in [7, 11) is 0. The minimum atomic E-state index is -0.484. The molecule has 0 atom stereocenters. The van der Waals surface area contributed by atoms with Gasteiger partial charge in [-0.05, 0) is 54.0 Å². The highest BCUT2D eigenvalue weighted by Crippen LogP contribution is 2.38. The van der Waals surface area contributed by atoms with E-state index in [1.807, 2.05) is 12.1 Å². The molecular weight excluding hydrogens is 661 g/mol.